The number of carbonyl (C=O) groups is 2. The van der Waals surface area contributed by atoms with Gasteiger partial charge in [-0.3, -0.25) is 9.59 Å². The van der Waals surface area contributed by atoms with E-state index in [1.54, 1.807) is 6.07 Å². The molecule has 0 fully saturated rings. The van der Waals surface area contributed by atoms with E-state index in [2.05, 4.69) is 5.92 Å². The van der Waals surface area contributed by atoms with Crippen molar-refractivity contribution in [2.45, 2.75) is 17.7 Å². The molecule has 0 atom stereocenters. The lowest BCUT2D eigenvalue weighted by Gasteiger charge is -2.11. The summed E-state index contributed by atoms with van der Waals surface area (Å²) in [6, 6.07) is 5.72. The minimum absolute atomic E-state index is 0.0200. The van der Waals surface area contributed by atoms with Gasteiger partial charge >= 0.3 is 0 Å². The third-order valence-corrected chi connectivity index (χ3v) is 4.29. The van der Waals surface area contributed by atoms with Gasteiger partial charge in [0, 0.05) is 12.8 Å². The van der Waals surface area contributed by atoms with Gasteiger partial charge in [0.05, 0.1) is 5.56 Å². The molecule has 92 valence electrons. The normalized spacial score (nSPS) is 16.2. The van der Waals surface area contributed by atoms with Crippen LogP contribution < -0.4 is 0 Å². The van der Waals surface area contributed by atoms with Gasteiger partial charge in [-0.25, -0.2) is 8.42 Å². The monoisotopic (exact) mass is 263 g/mol. The number of hydrogen-bond donors (Lipinski definition) is 0. The Morgan fingerprint density at radius 1 is 1.33 bits per heavy atom. The van der Waals surface area contributed by atoms with E-state index in [0.717, 1.165) is 0 Å². The Bertz CT molecular complexity index is 670. The summed E-state index contributed by atoms with van der Waals surface area (Å²) in [4.78, 5) is 23.5. The Morgan fingerprint density at radius 3 is 2.61 bits per heavy atom. The maximum absolute atomic E-state index is 12.0. The summed E-state index contributed by atoms with van der Waals surface area (Å²) < 4.78 is 24.4. The molecule has 5 nitrogen and oxygen atoms in total. The van der Waals surface area contributed by atoms with Gasteiger partial charge in [-0.05, 0) is 12.1 Å². The van der Waals surface area contributed by atoms with E-state index >= 15 is 0 Å². The van der Waals surface area contributed by atoms with E-state index in [0.29, 0.717) is 4.31 Å². The highest BCUT2D eigenvalue weighted by Crippen LogP contribution is 2.30. The Labute approximate surface area is 104 Å². The van der Waals surface area contributed by atoms with Crippen LogP contribution in [0, 0.1) is 12.3 Å². The van der Waals surface area contributed by atoms with E-state index in [4.69, 9.17) is 6.42 Å². The van der Waals surface area contributed by atoms with Crippen LogP contribution in [0.5, 0.6) is 0 Å². The van der Waals surface area contributed by atoms with Crippen LogP contribution in [0.15, 0.2) is 29.2 Å². The molecule has 1 heterocycles. The summed E-state index contributed by atoms with van der Waals surface area (Å²) >= 11 is 0. The van der Waals surface area contributed by atoms with Crippen LogP contribution in [-0.4, -0.2) is 24.5 Å². The first-order chi connectivity index (χ1) is 8.50. The summed E-state index contributed by atoms with van der Waals surface area (Å²) in [6.45, 7) is 0. The Morgan fingerprint density at radius 2 is 2.00 bits per heavy atom. The molecular weight excluding hydrogens is 254 g/mol. The number of rotatable bonds is 2. The van der Waals surface area contributed by atoms with E-state index in [-0.39, 0.29) is 23.3 Å². The first-order valence-electron chi connectivity index (χ1n) is 5.15. The van der Waals surface area contributed by atoms with Crippen molar-refractivity contribution in [3.8, 4) is 12.3 Å². The number of hydrogen-bond acceptors (Lipinski definition) is 4. The molecule has 18 heavy (non-hydrogen) atoms. The molecular formula is C12H9NO4S. The first-order valence-corrected chi connectivity index (χ1v) is 6.59. The predicted molar refractivity (Wildman–Crippen MR) is 62.9 cm³/mol. The molecule has 0 saturated carbocycles. The van der Waals surface area contributed by atoms with Crippen molar-refractivity contribution in [2.75, 3.05) is 0 Å². The topological polar surface area (TPSA) is 71.5 Å². The zero-order valence-corrected chi connectivity index (χ0v) is 10.1. The van der Waals surface area contributed by atoms with Crippen LogP contribution in [0.3, 0.4) is 0 Å². The van der Waals surface area contributed by atoms with Crippen molar-refractivity contribution in [1.29, 1.82) is 0 Å². The van der Waals surface area contributed by atoms with Crippen LogP contribution >= 0.6 is 0 Å². The largest absolute Gasteiger partial charge is 0.276 e. The average Bonchev–Trinajstić information content (AvgIpc) is 2.55. The Hall–Kier alpha value is -2.13. The molecule has 0 saturated heterocycles. The number of sulfonamides is 1. The molecule has 6 heteroatoms. The van der Waals surface area contributed by atoms with Crippen LogP contribution in [0.2, 0.25) is 0 Å². The molecule has 1 aromatic rings. The Balaban J connectivity index is 2.46. The SMILES string of the molecule is C#CCCC(=O)N1C(=O)c2ccccc2S1(=O)=O. The molecule has 0 N–H and O–H groups in total. The highest BCUT2D eigenvalue weighted by Gasteiger charge is 2.44. The highest BCUT2D eigenvalue weighted by atomic mass is 32.2. The second-order valence-corrected chi connectivity index (χ2v) is 5.42. The third-order valence-electron chi connectivity index (χ3n) is 2.53. The number of amides is 2. The lowest BCUT2D eigenvalue weighted by molar-refractivity contribution is -0.124. The van der Waals surface area contributed by atoms with Gasteiger partial charge in [-0.2, -0.15) is 4.31 Å². The van der Waals surface area contributed by atoms with E-state index in [9.17, 15) is 18.0 Å². The minimum atomic E-state index is -4.06. The second kappa shape index (κ2) is 4.27. The molecule has 0 unspecified atom stereocenters. The molecule has 2 rings (SSSR count). The summed E-state index contributed by atoms with van der Waals surface area (Å²) in [5, 5.41) is 0. The lowest BCUT2D eigenvalue weighted by Crippen LogP contribution is -2.36. The Kier molecular flexibility index (Phi) is 2.93. The quantitative estimate of drug-likeness (QED) is 0.739. The summed E-state index contributed by atoms with van der Waals surface area (Å²) in [5.74, 6) is 0.622. The van der Waals surface area contributed by atoms with Crippen molar-refractivity contribution in [3.05, 3.63) is 29.8 Å². The van der Waals surface area contributed by atoms with Crippen LogP contribution in [0.25, 0.3) is 0 Å². The highest BCUT2D eigenvalue weighted by molar-refractivity contribution is 7.90. The van der Waals surface area contributed by atoms with Crippen molar-refractivity contribution >= 4 is 21.8 Å². The lowest BCUT2D eigenvalue weighted by atomic mass is 10.2. The van der Waals surface area contributed by atoms with Gasteiger partial charge in [-0.1, -0.05) is 12.1 Å². The van der Waals surface area contributed by atoms with Crippen molar-refractivity contribution in [2.24, 2.45) is 0 Å². The fraction of sp³-hybridized carbons (Fsp3) is 0.167. The summed E-state index contributed by atoms with van der Waals surface area (Å²) in [5.41, 5.74) is 0.0200. The minimum Gasteiger partial charge on any atom is -0.273 e. The van der Waals surface area contributed by atoms with Crippen LogP contribution in [0.4, 0.5) is 0 Å². The van der Waals surface area contributed by atoms with Gasteiger partial charge in [0.15, 0.2) is 0 Å². The van der Waals surface area contributed by atoms with Crippen molar-refractivity contribution < 1.29 is 18.0 Å². The standard InChI is InChI=1S/C12H9NO4S/c1-2-3-8-11(14)13-12(15)9-6-4-5-7-10(9)18(13,16)17/h1,4-7H,3,8H2. The van der Waals surface area contributed by atoms with Crippen molar-refractivity contribution in [1.82, 2.24) is 4.31 Å². The van der Waals surface area contributed by atoms with Crippen LogP contribution in [0.1, 0.15) is 23.2 Å². The number of fused-ring (bicyclic) bond motifs is 1. The smallest absolute Gasteiger partial charge is 0.273 e. The first kappa shape index (κ1) is 12.3. The third kappa shape index (κ3) is 1.69. The zero-order valence-electron chi connectivity index (χ0n) is 9.29. The maximum Gasteiger partial charge on any atom is 0.276 e. The summed E-state index contributed by atoms with van der Waals surface area (Å²) in [6.07, 6.45) is 4.93. The molecule has 2 amide bonds. The summed E-state index contributed by atoms with van der Waals surface area (Å²) in [7, 11) is -4.06. The zero-order chi connectivity index (χ0) is 13.3. The van der Waals surface area contributed by atoms with Gasteiger partial charge in [0.1, 0.15) is 4.90 Å². The van der Waals surface area contributed by atoms with Gasteiger partial charge < -0.3 is 0 Å². The molecule has 1 aliphatic rings. The maximum atomic E-state index is 12.0. The molecule has 0 spiro atoms. The van der Waals surface area contributed by atoms with Gasteiger partial charge in [0.25, 0.3) is 15.9 Å². The number of terminal acetylenes is 1. The molecule has 1 aromatic carbocycles. The van der Waals surface area contributed by atoms with E-state index < -0.39 is 21.8 Å². The van der Waals surface area contributed by atoms with Gasteiger partial charge in [0.2, 0.25) is 5.91 Å². The molecule has 0 aliphatic carbocycles. The van der Waals surface area contributed by atoms with Crippen LogP contribution in [-0.2, 0) is 14.8 Å². The number of benzene rings is 1. The number of imide groups is 1. The number of carbonyl (C=O) groups excluding carboxylic acids is 2. The van der Waals surface area contributed by atoms with E-state index in [1.807, 2.05) is 0 Å². The van der Waals surface area contributed by atoms with E-state index in [1.165, 1.54) is 18.2 Å². The molecule has 0 aromatic heterocycles. The predicted octanol–water partition coefficient (Wildman–Crippen LogP) is 0.771. The molecule has 0 radical (unpaired) electrons. The molecule has 1 aliphatic heterocycles. The van der Waals surface area contributed by atoms with Crippen molar-refractivity contribution in [3.63, 3.8) is 0 Å². The molecule has 0 bridgehead atoms. The number of nitrogens with zero attached hydrogens (tertiary/aromatic N) is 1. The second-order valence-electron chi connectivity index (χ2n) is 3.67. The fourth-order valence-electron chi connectivity index (χ4n) is 1.71. The fourth-order valence-corrected chi connectivity index (χ4v) is 3.27. The average molecular weight is 263 g/mol. The van der Waals surface area contributed by atoms with Gasteiger partial charge in [-0.15, -0.1) is 12.3 Å².